The first-order chi connectivity index (χ1) is 11.8. The maximum absolute atomic E-state index is 12.1. The Morgan fingerprint density at radius 1 is 1.36 bits per heavy atom. The van der Waals surface area contributed by atoms with E-state index >= 15 is 0 Å². The second kappa shape index (κ2) is 7.39. The van der Waals surface area contributed by atoms with Crippen LogP contribution in [0.3, 0.4) is 0 Å². The number of nitrogens with zero attached hydrogens (tertiary/aromatic N) is 2. The first-order valence-electron chi connectivity index (χ1n) is 8.43. The van der Waals surface area contributed by atoms with Gasteiger partial charge in [0.15, 0.2) is 10.3 Å². The van der Waals surface area contributed by atoms with Gasteiger partial charge >= 0.3 is 0 Å². The summed E-state index contributed by atoms with van der Waals surface area (Å²) in [5, 5.41) is 9.77. The predicted octanol–water partition coefficient (Wildman–Crippen LogP) is 4.15. The van der Waals surface area contributed by atoms with Crippen LogP contribution in [0.15, 0.2) is 5.38 Å². The van der Waals surface area contributed by atoms with Crippen molar-refractivity contribution in [2.75, 3.05) is 23.8 Å². The van der Waals surface area contributed by atoms with Crippen LogP contribution in [0.4, 0.5) is 10.3 Å². The molecule has 0 saturated carbocycles. The molecule has 0 aromatic carbocycles. The Hall–Kier alpha value is -1.51. The largest absolute Gasteiger partial charge is 0.376 e. The molecule has 6 nitrogen and oxygen atoms in total. The van der Waals surface area contributed by atoms with Crippen molar-refractivity contribution in [3.8, 4) is 10.6 Å². The third kappa shape index (κ3) is 4.56. The lowest BCUT2D eigenvalue weighted by Gasteiger charge is -2.15. The first-order valence-corrected chi connectivity index (χ1v) is 10.1. The third-order valence-electron chi connectivity index (χ3n) is 3.94. The molecule has 3 rings (SSSR count). The average molecular weight is 381 g/mol. The van der Waals surface area contributed by atoms with E-state index < -0.39 is 5.41 Å². The molecule has 1 amide bonds. The number of aromatic nitrogens is 2. The summed E-state index contributed by atoms with van der Waals surface area (Å²) in [5.41, 5.74) is 1.33. The van der Waals surface area contributed by atoms with Gasteiger partial charge in [-0.3, -0.25) is 4.79 Å². The van der Waals surface area contributed by atoms with Gasteiger partial charge in [0.1, 0.15) is 0 Å². The standard InChI is InChI=1S/C17H24N4O2S2/c1-10-13(25-16(19-10)21-14(22)17(2,3)4)12-9-24-15(20-12)18-8-11-6-5-7-23-11/h9,11H,5-8H2,1-4H3,(H,18,20)(H,19,21,22)/t11-/m1/s1. The molecule has 2 N–H and O–H groups in total. The number of aryl methyl sites for hydroxylation is 1. The van der Waals surface area contributed by atoms with E-state index in [1.54, 1.807) is 11.3 Å². The number of hydrogen-bond donors (Lipinski definition) is 2. The summed E-state index contributed by atoms with van der Waals surface area (Å²) < 4.78 is 5.62. The summed E-state index contributed by atoms with van der Waals surface area (Å²) in [6, 6.07) is 0. The first kappa shape index (κ1) is 18.3. The van der Waals surface area contributed by atoms with Gasteiger partial charge in [-0.1, -0.05) is 32.1 Å². The lowest BCUT2D eigenvalue weighted by Crippen LogP contribution is -2.27. The average Bonchev–Trinajstić information content (AvgIpc) is 3.25. The van der Waals surface area contributed by atoms with Gasteiger partial charge in [-0.15, -0.1) is 11.3 Å². The van der Waals surface area contributed by atoms with Crippen molar-refractivity contribution in [1.82, 2.24) is 9.97 Å². The van der Waals surface area contributed by atoms with Crippen LogP contribution < -0.4 is 10.6 Å². The number of ether oxygens (including phenoxy) is 1. The fraction of sp³-hybridized carbons (Fsp3) is 0.588. The van der Waals surface area contributed by atoms with E-state index in [1.807, 2.05) is 33.1 Å². The summed E-state index contributed by atoms with van der Waals surface area (Å²) in [6.07, 6.45) is 2.53. The van der Waals surface area contributed by atoms with Crippen molar-refractivity contribution in [2.45, 2.75) is 46.6 Å². The zero-order chi connectivity index (χ0) is 18.0. The van der Waals surface area contributed by atoms with Crippen LogP contribution in [0.5, 0.6) is 0 Å². The maximum Gasteiger partial charge on any atom is 0.231 e. The number of carbonyl (C=O) groups excluding carboxylic acids is 1. The van der Waals surface area contributed by atoms with E-state index in [9.17, 15) is 4.79 Å². The zero-order valence-corrected chi connectivity index (χ0v) is 16.6. The van der Waals surface area contributed by atoms with Crippen LogP contribution in [-0.4, -0.2) is 35.1 Å². The minimum absolute atomic E-state index is 0.0370. The van der Waals surface area contributed by atoms with Crippen molar-refractivity contribution in [2.24, 2.45) is 5.41 Å². The number of nitrogens with one attached hydrogen (secondary N) is 2. The lowest BCUT2D eigenvalue weighted by molar-refractivity contribution is -0.123. The van der Waals surface area contributed by atoms with Gasteiger partial charge in [-0.2, -0.15) is 0 Å². The third-order valence-corrected chi connectivity index (χ3v) is 5.84. The zero-order valence-electron chi connectivity index (χ0n) is 15.0. The monoisotopic (exact) mass is 380 g/mol. The molecule has 1 saturated heterocycles. The van der Waals surface area contributed by atoms with Crippen molar-refractivity contribution in [1.29, 1.82) is 0 Å². The predicted molar refractivity (Wildman–Crippen MR) is 104 cm³/mol. The molecule has 8 heteroatoms. The highest BCUT2D eigenvalue weighted by molar-refractivity contribution is 7.19. The Morgan fingerprint density at radius 3 is 2.84 bits per heavy atom. The fourth-order valence-corrected chi connectivity index (χ4v) is 4.15. The molecule has 0 aliphatic carbocycles. The van der Waals surface area contributed by atoms with Crippen LogP contribution in [0.2, 0.25) is 0 Å². The Bertz CT molecular complexity index is 742. The molecule has 0 bridgehead atoms. The fourth-order valence-electron chi connectivity index (χ4n) is 2.44. The quantitative estimate of drug-likeness (QED) is 0.815. The second-order valence-electron chi connectivity index (χ2n) is 7.19. The summed E-state index contributed by atoms with van der Waals surface area (Å²) >= 11 is 3.04. The van der Waals surface area contributed by atoms with Crippen LogP contribution in [0, 0.1) is 12.3 Å². The molecule has 25 heavy (non-hydrogen) atoms. The number of rotatable bonds is 5. The Labute approximate surface area is 156 Å². The molecule has 2 aromatic rings. The minimum Gasteiger partial charge on any atom is -0.376 e. The molecule has 0 unspecified atom stereocenters. The van der Waals surface area contributed by atoms with E-state index in [0.717, 1.165) is 47.4 Å². The molecule has 1 fully saturated rings. The topological polar surface area (TPSA) is 76.1 Å². The van der Waals surface area contributed by atoms with Crippen molar-refractivity contribution >= 4 is 38.8 Å². The van der Waals surface area contributed by atoms with E-state index in [-0.39, 0.29) is 12.0 Å². The van der Waals surface area contributed by atoms with E-state index in [1.165, 1.54) is 11.3 Å². The molecule has 1 atom stereocenters. The highest BCUT2D eigenvalue weighted by atomic mass is 32.1. The highest BCUT2D eigenvalue weighted by Gasteiger charge is 2.23. The summed E-state index contributed by atoms with van der Waals surface area (Å²) in [6.45, 7) is 9.25. The smallest absolute Gasteiger partial charge is 0.231 e. The summed E-state index contributed by atoms with van der Waals surface area (Å²) in [7, 11) is 0. The number of thiazole rings is 2. The molecule has 1 aliphatic rings. The Balaban J connectivity index is 1.66. The number of hydrogen-bond acceptors (Lipinski definition) is 7. The van der Waals surface area contributed by atoms with E-state index in [4.69, 9.17) is 4.74 Å². The molecular weight excluding hydrogens is 356 g/mol. The van der Waals surface area contributed by atoms with Crippen LogP contribution >= 0.6 is 22.7 Å². The van der Waals surface area contributed by atoms with Gasteiger partial charge in [0.2, 0.25) is 5.91 Å². The second-order valence-corrected chi connectivity index (χ2v) is 9.05. The Morgan fingerprint density at radius 2 is 2.16 bits per heavy atom. The maximum atomic E-state index is 12.1. The number of carbonyl (C=O) groups is 1. The summed E-state index contributed by atoms with van der Waals surface area (Å²) in [4.78, 5) is 22.2. The molecule has 136 valence electrons. The van der Waals surface area contributed by atoms with Crippen molar-refractivity contribution in [3.05, 3.63) is 11.1 Å². The molecule has 0 spiro atoms. The van der Waals surface area contributed by atoms with Gasteiger partial charge in [0.25, 0.3) is 0 Å². The van der Waals surface area contributed by atoms with Gasteiger partial charge in [0, 0.05) is 23.9 Å². The molecule has 3 heterocycles. The molecular formula is C17H24N4O2S2. The number of anilines is 2. The van der Waals surface area contributed by atoms with Gasteiger partial charge in [-0.05, 0) is 19.8 Å². The Kier molecular flexibility index (Phi) is 5.41. The summed E-state index contributed by atoms with van der Waals surface area (Å²) in [5.74, 6) is -0.0370. The van der Waals surface area contributed by atoms with Gasteiger partial charge in [0.05, 0.1) is 22.4 Å². The highest BCUT2D eigenvalue weighted by Crippen LogP contribution is 2.35. The molecule has 0 radical (unpaired) electrons. The van der Waals surface area contributed by atoms with E-state index in [0.29, 0.717) is 5.13 Å². The minimum atomic E-state index is -0.445. The SMILES string of the molecule is Cc1nc(NC(=O)C(C)(C)C)sc1-c1csc(NC[C@H]2CCCO2)n1. The lowest BCUT2D eigenvalue weighted by atomic mass is 9.96. The molecule has 1 aliphatic heterocycles. The van der Waals surface area contributed by atoms with Crippen molar-refractivity contribution in [3.63, 3.8) is 0 Å². The normalized spacial score (nSPS) is 17.7. The van der Waals surface area contributed by atoms with Gasteiger partial charge < -0.3 is 15.4 Å². The molecule has 2 aromatic heterocycles. The van der Waals surface area contributed by atoms with Crippen LogP contribution in [0.25, 0.3) is 10.6 Å². The van der Waals surface area contributed by atoms with E-state index in [2.05, 4.69) is 20.6 Å². The van der Waals surface area contributed by atoms with Crippen LogP contribution in [-0.2, 0) is 9.53 Å². The van der Waals surface area contributed by atoms with Crippen LogP contribution in [0.1, 0.15) is 39.3 Å². The van der Waals surface area contributed by atoms with Crippen molar-refractivity contribution < 1.29 is 9.53 Å². The van der Waals surface area contributed by atoms with Gasteiger partial charge in [-0.25, -0.2) is 9.97 Å². The number of amides is 1.